The monoisotopic (exact) mass is 241 g/mol. The molecule has 4 heteroatoms. The number of ether oxygens (including phenoxy) is 1. The van der Waals surface area contributed by atoms with Gasteiger partial charge in [0, 0.05) is 29.0 Å². The maximum Gasteiger partial charge on any atom is 0.122 e. The first-order valence-electron chi connectivity index (χ1n) is 5.42. The third-order valence-corrected chi connectivity index (χ3v) is 3.36. The number of nitrogen functional groups attached to an aromatic ring is 1. The van der Waals surface area contributed by atoms with Crippen LogP contribution in [0.3, 0.4) is 0 Å². The summed E-state index contributed by atoms with van der Waals surface area (Å²) in [6.45, 7) is 4.82. The largest absolute Gasteiger partial charge is 0.494 e. The fourth-order valence-corrected chi connectivity index (χ4v) is 2.22. The van der Waals surface area contributed by atoms with Crippen LogP contribution in [0, 0.1) is 5.92 Å². The van der Waals surface area contributed by atoms with E-state index in [1.807, 2.05) is 32.0 Å². The minimum Gasteiger partial charge on any atom is -0.494 e. The van der Waals surface area contributed by atoms with E-state index in [4.69, 9.17) is 15.6 Å². The van der Waals surface area contributed by atoms with Crippen LogP contribution in [0.2, 0.25) is 0 Å². The van der Waals surface area contributed by atoms with Crippen molar-refractivity contribution in [3.05, 3.63) is 18.2 Å². The maximum absolute atomic E-state index is 8.94. The van der Waals surface area contributed by atoms with Gasteiger partial charge in [-0.1, -0.05) is 6.92 Å². The lowest BCUT2D eigenvalue weighted by molar-refractivity contribution is 0.250. The summed E-state index contributed by atoms with van der Waals surface area (Å²) in [5.41, 5.74) is 6.50. The molecule has 0 saturated carbocycles. The van der Waals surface area contributed by atoms with Crippen LogP contribution >= 0.6 is 11.8 Å². The van der Waals surface area contributed by atoms with Gasteiger partial charge in [0.2, 0.25) is 0 Å². The molecule has 16 heavy (non-hydrogen) atoms. The van der Waals surface area contributed by atoms with E-state index in [-0.39, 0.29) is 6.61 Å². The standard InChI is InChI=1S/C12H19NO2S/c1-3-15-11-4-10(13)5-12(6-11)16-8-9(2)7-14/h4-6,9,14H,3,7-8,13H2,1-2H3. The van der Waals surface area contributed by atoms with Crippen LogP contribution < -0.4 is 10.5 Å². The van der Waals surface area contributed by atoms with Gasteiger partial charge in [0.05, 0.1) is 6.61 Å². The molecule has 3 N–H and O–H groups in total. The Kier molecular flexibility index (Phi) is 5.49. The van der Waals surface area contributed by atoms with Gasteiger partial charge in [0.25, 0.3) is 0 Å². The molecule has 0 bridgehead atoms. The molecule has 1 atom stereocenters. The summed E-state index contributed by atoms with van der Waals surface area (Å²) in [6, 6.07) is 5.73. The number of rotatable bonds is 6. The summed E-state index contributed by atoms with van der Waals surface area (Å²) >= 11 is 1.69. The van der Waals surface area contributed by atoms with Crippen LogP contribution in [0.1, 0.15) is 13.8 Å². The Morgan fingerprint density at radius 1 is 1.44 bits per heavy atom. The lowest BCUT2D eigenvalue weighted by Crippen LogP contribution is -2.03. The number of anilines is 1. The highest BCUT2D eigenvalue weighted by Crippen LogP contribution is 2.27. The summed E-state index contributed by atoms with van der Waals surface area (Å²) < 4.78 is 5.42. The first-order valence-corrected chi connectivity index (χ1v) is 6.41. The normalized spacial score (nSPS) is 12.4. The zero-order valence-corrected chi connectivity index (χ0v) is 10.6. The summed E-state index contributed by atoms with van der Waals surface area (Å²) in [5.74, 6) is 1.98. The number of aliphatic hydroxyl groups excluding tert-OH is 1. The van der Waals surface area contributed by atoms with Crippen molar-refractivity contribution in [3.63, 3.8) is 0 Å². The third-order valence-electron chi connectivity index (χ3n) is 2.06. The molecule has 0 aromatic heterocycles. The number of thioether (sulfide) groups is 1. The molecular formula is C12H19NO2S. The molecule has 3 nitrogen and oxygen atoms in total. The quantitative estimate of drug-likeness (QED) is 0.593. The average Bonchev–Trinajstić information content (AvgIpc) is 2.25. The van der Waals surface area contributed by atoms with Crippen molar-refractivity contribution in [2.45, 2.75) is 18.7 Å². The zero-order chi connectivity index (χ0) is 12.0. The van der Waals surface area contributed by atoms with Crippen LogP contribution in [-0.4, -0.2) is 24.1 Å². The summed E-state index contributed by atoms with van der Waals surface area (Å²) in [5, 5.41) is 8.94. The van der Waals surface area contributed by atoms with Crippen LogP contribution in [0.25, 0.3) is 0 Å². The second-order valence-electron chi connectivity index (χ2n) is 3.77. The summed E-state index contributed by atoms with van der Waals surface area (Å²) in [7, 11) is 0. The average molecular weight is 241 g/mol. The highest BCUT2D eigenvalue weighted by atomic mass is 32.2. The van der Waals surface area contributed by atoms with Gasteiger partial charge in [-0.25, -0.2) is 0 Å². The number of hydrogen-bond acceptors (Lipinski definition) is 4. The zero-order valence-electron chi connectivity index (χ0n) is 9.77. The van der Waals surface area contributed by atoms with E-state index < -0.39 is 0 Å². The first-order chi connectivity index (χ1) is 7.65. The van der Waals surface area contributed by atoms with Gasteiger partial charge in [-0.15, -0.1) is 11.8 Å². The molecule has 0 radical (unpaired) electrons. The molecule has 0 spiro atoms. The molecule has 1 aromatic rings. The molecule has 0 heterocycles. The molecule has 0 aliphatic carbocycles. The van der Waals surface area contributed by atoms with Gasteiger partial charge < -0.3 is 15.6 Å². The van der Waals surface area contributed by atoms with E-state index in [0.717, 1.165) is 16.4 Å². The highest BCUT2D eigenvalue weighted by molar-refractivity contribution is 7.99. The maximum atomic E-state index is 8.94. The molecule has 1 rings (SSSR count). The smallest absolute Gasteiger partial charge is 0.122 e. The minimum absolute atomic E-state index is 0.216. The molecule has 0 amide bonds. The van der Waals surface area contributed by atoms with Crippen molar-refractivity contribution < 1.29 is 9.84 Å². The Morgan fingerprint density at radius 3 is 2.81 bits per heavy atom. The summed E-state index contributed by atoms with van der Waals surface area (Å²) in [6.07, 6.45) is 0. The fraction of sp³-hybridized carbons (Fsp3) is 0.500. The lowest BCUT2D eigenvalue weighted by atomic mass is 10.2. The molecule has 90 valence electrons. The molecule has 0 saturated heterocycles. The van der Waals surface area contributed by atoms with E-state index in [0.29, 0.717) is 18.2 Å². The van der Waals surface area contributed by atoms with Gasteiger partial charge in [-0.05, 0) is 25.0 Å². The van der Waals surface area contributed by atoms with Crippen LogP contribution in [-0.2, 0) is 0 Å². The Balaban J connectivity index is 2.64. The Bertz CT molecular complexity index is 331. The van der Waals surface area contributed by atoms with Gasteiger partial charge in [0.15, 0.2) is 0 Å². The van der Waals surface area contributed by atoms with E-state index >= 15 is 0 Å². The molecule has 1 aromatic carbocycles. The Labute approximate surface area is 101 Å². The predicted octanol–water partition coefficient (Wildman–Crippen LogP) is 2.39. The molecule has 1 unspecified atom stereocenters. The van der Waals surface area contributed by atoms with Crippen molar-refractivity contribution in [1.29, 1.82) is 0 Å². The van der Waals surface area contributed by atoms with Crippen molar-refractivity contribution in [3.8, 4) is 5.75 Å². The second-order valence-corrected chi connectivity index (χ2v) is 4.86. The SMILES string of the molecule is CCOc1cc(N)cc(SCC(C)CO)c1. The van der Waals surface area contributed by atoms with Crippen molar-refractivity contribution >= 4 is 17.4 Å². The number of hydrogen-bond donors (Lipinski definition) is 2. The Morgan fingerprint density at radius 2 is 2.19 bits per heavy atom. The number of benzene rings is 1. The Hall–Kier alpha value is -0.870. The van der Waals surface area contributed by atoms with Crippen LogP contribution in [0.15, 0.2) is 23.1 Å². The summed E-state index contributed by atoms with van der Waals surface area (Å²) in [4.78, 5) is 1.09. The molecular weight excluding hydrogens is 222 g/mol. The van der Waals surface area contributed by atoms with Gasteiger partial charge >= 0.3 is 0 Å². The first kappa shape index (κ1) is 13.2. The van der Waals surface area contributed by atoms with E-state index in [9.17, 15) is 0 Å². The molecule has 0 aliphatic heterocycles. The molecule has 0 aliphatic rings. The van der Waals surface area contributed by atoms with Crippen molar-refractivity contribution in [2.24, 2.45) is 5.92 Å². The van der Waals surface area contributed by atoms with Crippen molar-refractivity contribution in [2.75, 3.05) is 24.7 Å². The number of aliphatic hydroxyl groups is 1. The van der Waals surface area contributed by atoms with Gasteiger partial charge in [-0.2, -0.15) is 0 Å². The third kappa shape index (κ3) is 4.33. The topological polar surface area (TPSA) is 55.5 Å². The minimum atomic E-state index is 0.216. The predicted molar refractivity (Wildman–Crippen MR) is 69.0 cm³/mol. The fourth-order valence-electron chi connectivity index (χ4n) is 1.22. The van der Waals surface area contributed by atoms with Crippen molar-refractivity contribution in [1.82, 2.24) is 0 Å². The van der Waals surface area contributed by atoms with Gasteiger partial charge in [-0.3, -0.25) is 0 Å². The van der Waals surface area contributed by atoms with Crippen LogP contribution in [0.4, 0.5) is 5.69 Å². The van der Waals surface area contributed by atoms with E-state index in [2.05, 4.69) is 0 Å². The number of nitrogens with two attached hydrogens (primary N) is 1. The highest BCUT2D eigenvalue weighted by Gasteiger charge is 2.04. The lowest BCUT2D eigenvalue weighted by Gasteiger charge is -2.10. The van der Waals surface area contributed by atoms with Gasteiger partial charge in [0.1, 0.15) is 5.75 Å². The second kappa shape index (κ2) is 6.66. The molecule has 0 fully saturated rings. The van der Waals surface area contributed by atoms with Crippen LogP contribution in [0.5, 0.6) is 5.75 Å². The van der Waals surface area contributed by atoms with E-state index in [1.165, 1.54) is 0 Å². The van der Waals surface area contributed by atoms with E-state index in [1.54, 1.807) is 11.8 Å².